The normalized spacial score (nSPS) is 25.3. The van der Waals surface area contributed by atoms with Crippen molar-refractivity contribution < 1.29 is 4.43 Å². The summed E-state index contributed by atoms with van der Waals surface area (Å²) < 4.78 is 5.23. The summed E-state index contributed by atoms with van der Waals surface area (Å²) in [5, 5.41) is 0. The first-order valence-electron chi connectivity index (χ1n) is 6.20. The van der Waals surface area contributed by atoms with Gasteiger partial charge in [-0.2, -0.15) is 0 Å². The lowest BCUT2D eigenvalue weighted by Crippen LogP contribution is -2.24. The number of hydrogen-bond donors (Lipinski definition) is 0. The zero-order valence-corrected chi connectivity index (χ0v) is 10.0. The molecule has 1 nitrogen and oxygen atoms in total. The molecule has 0 amide bonds. The minimum Gasteiger partial charge on any atom is -0.418 e. The standard InChI is InChI=1S/C12H21OSi/c14-13-9-12(10-5-1-2-6-10)11-7-3-4-8-11/h10-12H,1-9H2. The third-order valence-corrected chi connectivity index (χ3v) is 4.45. The van der Waals surface area contributed by atoms with Crippen molar-refractivity contribution in [1.29, 1.82) is 0 Å². The molecule has 2 saturated carbocycles. The molecule has 2 rings (SSSR count). The highest BCUT2D eigenvalue weighted by molar-refractivity contribution is 5.97. The van der Waals surface area contributed by atoms with E-state index in [1.165, 1.54) is 51.4 Å². The molecule has 0 spiro atoms. The first-order valence-corrected chi connectivity index (χ1v) is 6.61. The fourth-order valence-corrected chi connectivity index (χ4v) is 3.72. The van der Waals surface area contributed by atoms with E-state index in [-0.39, 0.29) is 0 Å². The molecule has 0 aromatic heterocycles. The lowest BCUT2D eigenvalue weighted by molar-refractivity contribution is 0.146. The van der Waals surface area contributed by atoms with Crippen LogP contribution in [-0.2, 0) is 4.43 Å². The summed E-state index contributed by atoms with van der Waals surface area (Å²) in [4.78, 5) is 0. The van der Waals surface area contributed by atoms with Gasteiger partial charge in [-0.1, -0.05) is 51.4 Å². The van der Waals surface area contributed by atoms with Crippen LogP contribution in [0.2, 0.25) is 0 Å². The Hall–Kier alpha value is 0.177. The molecule has 14 heavy (non-hydrogen) atoms. The van der Waals surface area contributed by atoms with E-state index in [0.29, 0.717) is 0 Å². The molecule has 2 heteroatoms. The van der Waals surface area contributed by atoms with Crippen LogP contribution in [0.25, 0.3) is 0 Å². The molecule has 2 aliphatic rings. The Labute approximate surface area is 91.1 Å². The van der Waals surface area contributed by atoms with E-state index in [4.69, 9.17) is 4.43 Å². The maximum absolute atomic E-state index is 5.23. The van der Waals surface area contributed by atoms with Gasteiger partial charge in [-0.3, -0.25) is 0 Å². The summed E-state index contributed by atoms with van der Waals surface area (Å²) >= 11 is 0. The van der Waals surface area contributed by atoms with Crippen molar-refractivity contribution in [2.75, 3.05) is 6.61 Å². The van der Waals surface area contributed by atoms with Crippen LogP contribution in [0.1, 0.15) is 51.4 Å². The van der Waals surface area contributed by atoms with Crippen LogP contribution in [0.4, 0.5) is 0 Å². The zero-order valence-electron chi connectivity index (χ0n) is 9.00. The fraction of sp³-hybridized carbons (Fsp3) is 1.00. The van der Waals surface area contributed by atoms with Gasteiger partial charge < -0.3 is 4.43 Å². The van der Waals surface area contributed by atoms with Gasteiger partial charge in [0.15, 0.2) is 0 Å². The van der Waals surface area contributed by atoms with Crippen molar-refractivity contribution in [3.8, 4) is 0 Å². The van der Waals surface area contributed by atoms with Crippen molar-refractivity contribution >= 4 is 10.5 Å². The van der Waals surface area contributed by atoms with Crippen molar-refractivity contribution in [3.05, 3.63) is 0 Å². The highest BCUT2D eigenvalue weighted by Gasteiger charge is 2.32. The van der Waals surface area contributed by atoms with E-state index in [9.17, 15) is 0 Å². The van der Waals surface area contributed by atoms with Gasteiger partial charge in [-0.25, -0.2) is 0 Å². The van der Waals surface area contributed by atoms with Crippen molar-refractivity contribution in [2.45, 2.75) is 51.4 Å². The van der Waals surface area contributed by atoms with Gasteiger partial charge in [0, 0.05) is 6.61 Å². The smallest absolute Gasteiger partial charge is 0.246 e. The first kappa shape index (κ1) is 10.7. The molecule has 0 aliphatic heterocycles. The molecule has 3 radical (unpaired) electrons. The Morgan fingerprint density at radius 2 is 1.36 bits per heavy atom. The topological polar surface area (TPSA) is 9.23 Å². The van der Waals surface area contributed by atoms with E-state index >= 15 is 0 Å². The molecule has 0 heterocycles. The van der Waals surface area contributed by atoms with E-state index < -0.39 is 0 Å². The van der Waals surface area contributed by atoms with Gasteiger partial charge in [0.05, 0.1) is 0 Å². The highest BCUT2D eigenvalue weighted by Crippen LogP contribution is 2.41. The first-order chi connectivity index (χ1) is 6.92. The van der Waals surface area contributed by atoms with E-state index in [1.54, 1.807) is 0 Å². The van der Waals surface area contributed by atoms with Crippen LogP contribution in [0.5, 0.6) is 0 Å². The van der Waals surface area contributed by atoms with Crippen LogP contribution < -0.4 is 0 Å². The average molecular weight is 209 g/mol. The van der Waals surface area contributed by atoms with Gasteiger partial charge in [-0.15, -0.1) is 0 Å². The van der Waals surface area contributed by atoms with Crippen LogP contribution in [0.15, 0.2) is 0 Å². The van der Waals surface area contributed by atoms with Crippen LogP contribution >= 0.6 is 0 Å². The maximum atomic E-state index is 5.23. The van der Waals surface area contributed by atoms with Crippen molar-refractivity contribution in [2.24, 2.45) is 17.8 Å². The molecule has 0 aromatic carbocycles. The number of hydrogen-bond acceptors (Lipinski definition) is 1. The predicted molar refractivity (Wildman–Crippen MR) is 59.1 cm³/mol. The second-order valence-corrected chi connectivity index (χ2v) is 5.35. The summed E-state index contributed by atoms with van der Waals surface area (Å²) in [5.41, 5.74) is 0. The van der Waals surface area contributed by atoms with Crippen LogP contribution in [0.3, 0.4) is 0 Å². The minimum absolute atomic E-state index is 0.845. The molecule has 2 aliphatic carbocycles. The molecule has 0 saturated heterocycles. The van der Waals surface area contributed by atoms with Gasteiger partial charge in [0.2, 0.25) is 10.5 Å². The lowest BCUT2D eigenvalue weighted by atomic mass is 9.80. The Bertz CT molecular complexity index is 144. The Kier molecular flexibility index (Phi) is 4.06. The maximum Gasteiger partial charge on any atom is 0.246 e. The fourth-order valence-electron chi connectivity index (χ4n) is 3.52. The summed E-state index contributed by atoms with van der Waals surface area (Å²) in [6, 6.07) is 0. The monoisotopic (exact) mass is 209 g/mol. The molecule has 2 fully saturated rings. The summed E-state index contributed by atoms with van der Waals surface area (Å²) in [7, 11) is 3.19. The van der Waals surface area contributed by atoms with E-state index in [1.807, 2.05) is 0 Å². The third kappa shape index (κ3) is 2.40. The average Bonchev–Trinajstić information content (AvgIpc) is 2.87. The van der Waals surface area contributed by atoms with Crippen molar-refractivity contribution in [3.63, 3.8) is 0 Å². The number of rotatable bonds is 4. The quantitative estimate of drug-likeness (QED) is 0.647. The van der Waals surface area contributed by atoms with Gasteiger partial charge >= 0.3 is 0 Å². The Morgan fingerprint density at radius 1 is 0.929 bits per heavy atom. The molecule has 0 bridgehead atoms. The molecule has 0 aromatic rings. The van der Waals surface area contributed by atoms with Crippen LogP contribution in [0, 0.1) is 17.8 Å². The van der Waals surface area contributed by atoms with Crippen molar-refractivity contribution in [1.82, 2.24) is 0 Å². The summed E-state index contributed by atoms with van der Waals surface area (Å²) in [6.07, 6.45) is 11.6. The Morgan fingerprint density at radius 3 is 1.71 bits per heavy atom. The van der Waals surface area contributed by atoms with Gasteiger partial charge in [0.1, 0.15) is 0 Å². The lowest BCUT2D eigenvalue weighted by Gasteiger charge is -2.28. The molecule has 0 unspecified atom stereocenters. The predicted octanol–water partition coefficient (Wildman–Crippen LogP) is 3.08. The zero-order chi connectivity index (χ0) is 9.80. The van der Waals surface area contributed by atoms with Gasteiger partial charge in [-0.05, 0) is 17.8 Å². The van der Waals surface area contributed by atoms with Crippen LogP contribution in [-0.4, -0.2) is 17.1 Å². The summed E-state index contributed by atoms with van der Waals surface area (Å²) in [6.45, 7) is 0.937. The Balaban J connectivity index is 1.91. The molecular formula is C12H21OSi. The molecular weight excluding hydrogens is 188 g/mol. The SMILES string of the molecule is [Si]OCC(C1CCCC1)C1CCCC1. The molecule has 0 N–H and O–H groups in total. The van der Waals surface area contributed by atoms with E-state index in [2.05, 4.69) is 10.5 Å². The molecule has 0 atom stereocenters. The third-order valence-electron chi connectivity index (χ3n) is 4.29. The largest absolute Gasteiger partial charge is 0.418 e. The second kappa shape index (κ2) is 5.31. The second-order valence-electron chi connectivity index (χ2n) is 5.06. The minimum atomic E-state index is 0.845. The van der Waals surface area contributed by atoms with E-state index in [0.717, 1.165) is 24.4 Å². The molecule has 79 valence electrons. The summed E-state index contributed by atoms with van der Waals surface area (Å²) in [5.74, 6) is 2.78. The van der Waals surface area contributed by atoms with Gasteiger partial charge in [0.25, 0.3) is 0 Å². The highest BCUT2D eigenvalue weighted by atomic mass is 28.2.